The van der Waals surface area contributed by atoms with Crippen LogP contribution in [0.3, 0.4) is 0 Å². The van der Waals surface area contributed by atoms with Crippen molar-refractivity contribution in [1.29, 1.82) is 0 Å². The lowest BCUT2D eigenvalue weighted by Crippen LogP contribution is -2.50. The standard InChI is InChI=1S/C22H40N6O/c1-6-8-9-19(7-2)14-24-22(25-15-21(29)26(4)5)27-12-10-18(3)20(16-27)28-13-11-23-17-28/h11,13,17-20H,6-10,12,14-16H2,1-5H3,(H,24,25). The van der Waals surface area contributed by atoms with Gasteiger partial charge < -0.3 is 19.7 Å². The van der Waals surface area contributed by atoms with E-state index in [-0.39, 0.29) is 12.5 Å². The summed E-state index contributed by atoms with van der Waals surface area (Å²) in [5.41, 5.74) is 0. The van der Waals surface area contributed by atoms with Crippen LogP contribution in [0.15, 0.2) is 23.7 Å². The number of aromatic nitrogens is 2. The van der Waals surface area contributed by atoms with Crippen LogP contribution >= 0.6 is 0 Å². The predicted octanol–water partition coefficient (Wildman–Crippen LogP) is 3.02. The summed E-state index contributed by atoms with van der Waals surface area (Å²) in [6.45, 7) is 9.73. The second-order valence-electron chi connectivity index (χ2n) is 8.51. The number of likely N-dealkylation sites (N-methyl/N-ethyl adjacent to an activating group) is 1. The Morgan fingerprint density at radius 1 is 1.38 bits per heavy atom. The number of piperidine rings is 1. The fourth-order valence-corrected chi connectivity index (χ4v) is 3.83. The molecule has 7 heteroatoms. The van der Waals surface area contributed by atoms with Crippen molar-refractivity contribution in [1.82, 2.24) is 24.7 Å². The molecule has 1 fully saturated rings. The average Bonchev–Trinajstić information content (AvgIpc) is 3.25. The maximum Gasteiger partial charge on any atom is 0.243 e. The Morgan fingerprint density at radius 3 is 2.79 bits per heavy atom. The van der Waals surface area contributed by atoms with Crippen molar-refractivity contribution in [3.8, 4) is 0 Å². The first-order valence-corrected chi connectivity index (χ1v) is 11.2. The Labute approximate surface area is 176 Å². The van der Waals surface area contributed by atoms with Crippen molar-refractivity contribution in [3.63, 3.8) is 0 Å². The molecule has 1 aliphatic rings. The number of rotatable bonds is 9. The molecule has 29 heavy (non-hydrogen) atoms. The number of likely N-dealkylation sites (tertiary alicyclic amines) is 1. The second-order valence-corrected chi connectivity index (χ2v) is 8.51. The zero-order chi connectivity index (χ0) is 21.2. The summed E-state index contributed by atoms with van der Waals surface area (Å²) in [5.74, 6) is 2.11. The highest BCUT2D eigenvalue weighted by Gasteiger charge is 2.29. The molecule has 0 aliphatic carbocycles. The summed E-state index contributed by atoms with van der Waals surface area (Å²) >= 11 is 0. The fraction of sp³-hybridized carbons (Fsp3) is 0.773. The molecule has 0 bridgehead atoms. The number of unbranched alkanes of at least 4 members (excludes halogenated alkanes) is 1. The van der Waals surface area contributed by atoms with E-state index in [4.69, 9.17) is 4.99 Å². The lowest BCUT2D eigenvalue weighted by molar-refractivity contribution is -0.127. The van der Waals surface area contributed by atoms with Crippen LogP contribution in [-0.4, -0.2) is 71.5 Å². The summed E-state index contributed by atoms with van der Waals surface area (Å²) in [7, 11) is 3.56. The minimum atomic E-state index is 0.0267. The van der Waals surface area contributed by atoms with E-state index in [1.165, 1.54) is 19.3 Å². The summed E-state index contributed by atoms with van der Waals surface area (Å²) in [6.07, 6.45) is 11.8. The molecule has 3 atom stereocenters. The van der Waals surface area contributed by atoms with Gasteiger partial charge in [0.05, 0.1) is 12.4 Å². The number of aliphatic imine (C=N–C) groups is 1. The average molecular weight is 405 g/mol. The zero-order valence-electron chi connectivity index (χ0n) is 19.0. The Kier molecular flexibility index (Phi) is 9.48. The lowest BCUT2D eigenvalue weighted by atomic mass is 9.93. The molecule has 1 aromatic heterocycles. The molecule has 7 nitrogen and oxygen atoms in total. The largest absolute Gasteiger partial charge is 0.356 e. The van der Waals surface area contributed by atoms with E-state index < -0.39 is 0 Å². The first-order chi connectivity index (χ1) is 14.0. The first kappa shape index (κ1) is 23.2. The molecule has 2 rings (SSSR count). The van der Waals surface area contributed by atoms with Gasteiger partial charge in [0.2, 0.25) is 5.91 Å². The van der Waals surface area contributed by atoms with Gasteiger partial charge in [0.15, 0.2) is 5.96 Å². The zero-order valence-corrected chi connectivity index (χ0v) is 19.0. The molecule has 3 unspecified atom stereocenters. The van der Waals surface area contributed by atoms with E-state index in [9.17, 15) is 4.79 Å². The number of carbonyl (C=O) groups excluding carboxylic acids is 1. The molecule has 0 radical (unpaired) electrons. The van der Waals surface area contributed by atoms with Gasteiger partial charge >= 0.3 is 0 Å². The Hall–Kier alpha value is -2.05. The number of amides is 1. The molecular weight excluding hydrogens is 364 g/mol. The number of nitrogens with zero attached hydrogens (tertiary/aromatic N) is 5. The summed E-state index contributed by atoms with van der Waals surface area (Å²) in [6, 6.07) is 0.366. The molecule has 1 aliphatic heterocycles. The maximum atomic E-state index is 12.1. The number of carbonyl (C=O) groups is 1. The van der Waals surface area contributed by atoms with Crippen molar-refractivity contribution in [2.75, 3.05) is 40.3 Å². The third-order valence-electron chi connectivity index (χ3n) is 6.08. The van der Waals surface area contributed by atoms with Crippen molar-refractivity contribution >= 4 is 11.9 Å². The molecule has 0 spiro atoms. The van der Waals surface area contributed by atoms with Gasteiger partial charge in [-0.3, -0.25) is 4.79 Å². The third kappa shape index (κ3) is 7.05. The van der Waals surface area contributed by atoms with Crippen molar-refractivity contribution in [3.05, 3.63) is 18.7 Å². The number of nitrogens with one attached hydrogen (secondary N) is 1. The number of hydrogen-bond donors (Lipinski definition) is 1. The van der Waals surface area contributed by atoms with Gasteiger partial charge in [-0.1, -0.05) is 40.0 Å². The number of imidazole rings is 1. The lowest BCUT2D eigenvalue weighted by Gasteiger charge is -2.39. The van der Waals surface area contributed by atoms with Gasteiger partial charge in [-0.05, 0) is 24.7 Å². The molecule has 164 valence electrons. The normalized spacial score (nSPS) is 21.1. The summed E-state index contributed by atoms with van der Waals surface area (Å²) < 4.78 is 2.20. The van der Waals surface area contributed by atoms with Crippen LogP contribution in [0.4, 0.5) is 0 Å². The van der Waals surface area contributed by atoms with Gasteiger partial charge in [0.1, 0.15) is 6.54 Å². The van der Waals surface area contributed by atoms with Crippen LogP contribution in [0.25, 0.3) is 0 Å². The maximum absolute atomic E-state index is 12.1. The van der Waals surface area contributed by atoms with Crippen molar-refractivity contribution < 1.29 is 4.79 Å². The molecule has 0 saturated carbocycles. The summed E-state index contributed by atoms with van der Waals surface area (Å²) in [5, 5.41) is 3.60. The number of hydrogen-bond acceptors (Lipinski definition) is 3. The number of guanidine groups is 1. The van der Waals surface area contributed by atoms with Gasteiger partial charge in [-0.25, -0.2) is 9.98 Å². The van der Waals surface area contributed by atoms with Crippen LogP contribution < -0.4 is 5.32 Å². The van der Waals surface area contributed by atoms with Crippen LogP contribution in [-0.2, 0) is 4.79 Å². The van der Waals surface area contributed by atoms with E-state index in [0.717, 1.165) is 38.4 Å². The molecule has 0 aromatic carbocycles. The smallest absolute Gasteiger partial charge is 0.243 e. The molecule has 1 saturated heterocycles. The SMILES string of the molecule is CCCCC(CC)CNC(=NCC(=O)N(C)C)N1CCC(C)C(n2ccnc2)C1. The van der Waals surface area contributed by atoms with Gasteiger partial charge in [-0.15, -0.1) is 0 Å². The Morgan fingerprint density at radius 2 is 2.17 bits per heavy atom. The molecule has 1 amide bonds. The predicted molar refractivity (Wildman–Crippen MR) is 119 cm³/mol. The van der Waals surface area contributed by atoms with Gasteiger partial charge in [-0.2, -0.15) is 0 Å². The Bertz CT molecular complexity index is 627. The topological polar surface area (TPSA) is 65.8 Å². The third-order valence-corrected chi connectivity index (χ3v) is 6.08. The van der Waals surface area contributed by atoms with E-state index in [1.54, 1.807) is 19.0 Å². The molecule has 1 aromatic rings. The van der Waals surface area contributed by atoms with Gasteiger partial charge in [0.25, 0.3) is 0 Å². The van der Waals surface area contributed by atoms with E-state index in [1.807, 2.05) is 18.7 Å². The van der Waals surface area contributed by atoms with Crippen molar-refractivity contribution in [2.24, 2.45) is 16.8 Å². The molecular formula is C22H40N6O. The quantitative estimate of drug-likeness (QED) is 0.507. The molecule has 2 heterocycles. The van der Waals surface area contributed by atoms with Crippen LogP contribution in [0.5, 0.6) is 0 Å². The fourth-order valence-electron chi connectivity index (χ4n) is 3.83. The van der Waals surface area contributed by atoms with Crippen LogP contribution in [0.1, 0.15) is 58.9 Å². The van der Waals surface area contributed by atoms with E-state index in [0.29, 0.717) is 17.9 Å². The monoisotopic (exact) mass is 404 g/mol. The Balaban J connectivity index is 2.10. The highest BCUT2D eigenvalue weighted by Crippen LogP contribution is 2.27. The van der Waals surface area contributed by atoms with Crippen LogP contribution in [0, 0.1) is 11.8 Å². The van der Waals surface area contributed by atoms with Gasteiger partial charge in [0, 0.05) is 46.1 Å². The van der Waals surface area contributed by atoms with Crippen molar-refractivity contribution in [2.45, 2.75) is 58.9 Å². The minimum Gasteiger partial charge on any atom is -0.356 e. The highest BCUT2D eigenvalue weighted by molar-refractivity contribution is 5.85. The van der Waals surface area contributed by atoms with E-state index in [2.05, 4.69) is 40.5 Å². The highest BCUT2D eigenvalue weighted by atomic mass is 16.2. The van der Waals surface area contributed by atoms with Crippen LogP contribution in [0.2, 0.25) is 0 Å². The van der Waals surface area contributed by atoms with E-state index >= 15 is 0 Å². The minimum absolute atomic E-state index is 0.0267. The molecule has 1 N–H and O–H groups in total. The second kappa shape index (κ2) is 11.8. The summed E-state index contributed by atoms with van der Waals surface area (Å²) in [4.78, 5) is 25.0. The first-order valence-electron chi connectivity index (χ1n) is 11.2.